The number of carbonyl (C=O) groups is 1. The van der Waals surface area contributed by atoms with Crippen molar-refractivity contribution in [2.75, 3.05) is 20.3 Å². The lowest BCUT2D eigenvalue weighted by atomic mass is 10.3. The van der Waals surface area contributed by atoms with Crippen LogP contribution in [0.3, 0.4) is 0 Å². The summed E-state index contributed by atoms with van der Waals surface area (Å²) in [5.41, 5.74) is -1.60. The zero-order valence-corrected chi connectivity index (χ0v) is 9.15. The Balaban J connectivity index is 2.64. The summed E-state index contributed by atoms with van der Waals surface area (Å²) in [6.45, 7) is 0.0354. The number of methoxy groups -OCH3 is 1. The number of aromatic nitrogens is 2. The number of carbonyl (C=O) groups excluding carboxylic acids is 1. The Labute approximate surface area is 95.6 Å². The normalized spacial score (nSPS) is 12.1. The van der Waals surface area contributed by atoms with Crippen LogP contribution in [0.25, 0.3) is 0 Å². The molecule has 0 aromatic carbocycles. The number of aliphatic hydroxyl groups excluding tert-OH is 1. The Morgan fingerprint density at radius 2 is 2.24 bits per heavy atom. The van der Waals surface area contributed by atoms with Gasteiger partial charge in [0.2, 0.25) is 0 Å². The molecule has 0 saturated heterocycles. The molecule has 0 spiro atoms. The van der Waals surface area contributed by atoms with Gasteiger partial charge in [-0.25, -0.2) is 4.79 Å². The van der Waals surface area contributed by atoms with Gasteiger partial charge in [-0.05, 0) is 0 Å². The van der Waals surface area contributed by atoms with E-state index in [0.29, 0.717) is 0 Å². The van der Waals surface area contributed by atoms with Crippen molar-refractivity contribution in [1.82, 2.24) is 15.3 Å². The van der Waals surface area contributed by atoms with Crippen molar-refractivity contribution >= 4 is 5.91 Å². The van der Waals surface area contributed by atoms with E-state index in [2.05, 4.69) is 15.0 Å². The van der Waals surface area contributed by atoms with Gasteiger partial charge in [0.05, 0.1) is 12.7 Å². The first-order valence-electron chi connectivity index (χ1n) is 4.81. The molecule has 0 fully saturated rings. The predicted molar refractivity (Wildman–Crippen MR) is 57.9 cm³/mol. The second-order valence-electron chi connectivity index (χ2n) is 3.32. The molecule has 4 N–H and O–H groups in total. The van der Waals surface area contributed by atoms with Crippen LogP contribution in [0.1, 0.15) is 10.5 Å². The van der Waals surface area contributed by atoms with Crippen LogP contribution in [-0.4, -0.2) is 47.3 Å². The van der Waals surface area contributed by atoms with Gasteiger partial charge in [-0.15, -0.1) is 0 Å². The minimum Gasteiger partial charge on any atom is -0.389 e. The molecule has 1 heterocycles. The van der Waals surface area contributed by atoms with Crippen LogP contribution >= 0.6 is 0 Å². The van der Waals surface area contributed by atoms with E-state index in [1.165, 1.54) is 7.11 Å². The summed E-state index contributed by atoms with van der Waals surface area (Å²) in [4.78, 5) is 37.4. The molecule has 1 atom stereocenters. The summed E-state index contributed by atoms with van der Waals surface area (Å²) in [7, 11) is 1.42. The highest BCUT2D eigenvalue weighted by Gasteiger charge is 2.10. The Kier molecular flexibility index (Phi) is 4.61. The van der Waals surface area contributed by atoms with Gasteiger partial charge in [0.15, 0.2) is 0 Å². The lowest BCUT2D eigenvalue weighted by Gasteiger charge is -2.10. The molecule has 0 aliphatic carbocycles. The highest BCUT2D eigenvalue weighted by atomic mass is 16.5. The molecule has 0 saturated carbocycles. The van der Waals surface area contributed by atoms with Gasteiger partial charge in [0.25, 0.3) is 11.5 Å². The van der Waals surface area contributed by atoms with Crippen molar-refractivity contribution < 1.29 is 14.6 Å². The lowest BCUT2D eigenvalue weighted by Crippen LogP contribution is -2.36. The van der Waals surface area contributed by atoms with Gasteiger partial charge in [-0.1, -0.05) is 0 Å². The third kappa shape index (κ3) is 4.21. The summed E-state index contributed by atoms with van der Waals surface area (Å²) < 4.78 is 4.67. The number of aromatic amines is 2. The molecule has 1 aromatic heterocycles. The highest BCUT2D eigenvalue weighted by molar-refractivity contribution is 5.92. The summed E-state index contributed by atoms with van der Waals surface area (Å²) >= 11 is 0. The summed E-state index contributed by atoms with van der Waals surface area (Å²) in [6.07, 6.45) is -0.849. The van der Waals surface area contributed by atoms with E-state index in [9.17, 15) is 19.5 Å². The minimum atomic E-state index is -0.849. The fourth-order valence-corrected chi connectivity index (χ4v) is 1.15. The van der Waals surface area contributed by atoms with Gasteiger partial charge in [-0.3, -0.25) is 14.6 Å². The minimum absolute atomic E-state index is 0.0402. The SMILES string of the molecule is COCC(O)CNC(=O)c1cc(=O)[nH]c(=O)[nH]1. The Morgan fingerprint density at radius 1 is 1.53 bits per heavy atom. The molecule has 94 valence electrons. The number of amides is 1. The fourth-order valence-electron chi connectivity index (χ4n) is 1.15. The second-order valence-corrected chi connectivity index (χ2v) is 3.32. The fraction of sp³-hybridized carbons (Fsp3) is 0.444. The zero-order chi connectivity index (χ0) is 12.8. The Hall–Kier alpha value is -1.93. The maximum absolute atomic E-state index is 11.5. The molecule has 0 aliphatic heterocycles. The molecule has 0 bridgehead atoms. The first-order valence-corrected chi connectivity index (χ1v) is 4.81. The molecule has 0 radical (unpaired) electrons. The van der Waals surface area contributed by atoms with Crippen LogP contribution < -0.4 is 16.6 Å². The number of H-pyrrole nitrogens is 2. The quantitative estimate of drug-likeness (QED) is 0.467. The first-order chi connectivity index (χ1) is 8.02. The van der Waals surface area contributed by atoms with Crippen molar-refractivity contribution in [2.24, 2.45) is 0 Å². The van der Waals surface area contributed by atoms with E-state index in [4.69, 9.17) is 0 Å². The van der Waals surface area contributed by atoms with Crippen molar-refractivity contribution in [2.45, 2.75) is 6.10 Å². The van der Waals surface area contributed by atoms with Gasteiger partial charge in [-0.2, -0.15) is 0 Å². The van der Waals surface area contributed by atoms with Crippen LogP contribution in [0.15, 0.2) is 15.7 Å². The van der Waals surface area contributed by atoms with Crippen molar-refractivity contribution in [3.05, 3.63) is 32.6 Å². The largest absolute Gasteiger partial charge is 0.389 e. The van der Waals surface area contributed by atoms with E-state index in [1.54, 1.807) is 0 Å². The molecular weight excluding hydrogens is 230 g/mol. The third-order valence-corrected chi connectivity index (χ3v) is 1.86. The summed E-state index contributed by atoms with van der Waals surface area (Å²) in [6, 6.07) is 0.958. The van der Waals surface area contributed by atoms with Gasteiger partial charge >= 0.3 is 5.69 Å². The maximum Gasteiger partial charge on any atom is 0.326 e. The van der Waals surface area contributed by atoms with E-state index in [1.807, 2.05) is 4.98 Å². The number of ether oxygens (including phenoxy) is 1. The van der Waals surface area contributed by atoms with E-state index >= 15 is 0 Å². The van der Waals surface area contributed by atoms with Crippen LogP contribution in [0.2, 0.25) is 0 Å². The lowest BCUT2D eigenvalue weighted by molar-refractivity contribution is 0.0608. The monoisotopic (exact) mass is 243 g/mol. The van der Waals surface area contributed by atoms with Crippen molar-refractivity contribution in [1.29, 1.82) is 0 Å². The van der Waals surface area contributed by atoms with Crippen LogP contribution in [-0.2, 0) is 4.74 Å². The van der Waals surface area contributed by atoms with Crippen LogP contribution in [0.5, 0.6) is 0 Å². The average Bonchev–Trinajstić information content (AvgIpc) is 2.25. The Bertz CT molecular complexity index is 464. The number of aliphatic hydroxyl groups is 1. The van der Waals surface area contributed by atoms with Crippen molar-refractivity contribution in [3.8, 4) is 0 Å². The molecule has 1 aromatic rings. The molecule has 8 heteroatoms. The third-order valence-electron chi connectivity index (χ3n) is 1.86. The van der Waals surface area contributed by atoms with E-state index < -0.39 is 23.3 Å². The molecule has 1 rings (SSSR count). The number of hydrogen-bond acceptors (Lipinski definition) is 5. The number of hydrogen-bond donors (Lipinski definition) is 4. The molecule has 0 aliphatic rings. The standard InChI is InChI=1S/C9H13N3O5/c1-17-4-5(13)3-10-8(15)6-2-7(14)12-9(16)11-6/h2,5,13H,3-4H2,1H3,(H,10,15)(H2,11,12,14,16). The van der Waals surface area contributed by atoms with Crippen LogP contribution in [0.4, 0.5) is 0 Å². The van der Waals surface area contributed by atoms with E-state index in [-0.39, 0.29) is 18.8 Å². The number of rotatable bonds is 5. The number of nitrogens with one attached hydrogen (secondary N) is 3. The topological polar surface area (TPSA) is 124 Å². The van der Waals surface area contributed by atoms with Crippen LogP contribution in [0, 0.1) is 0 Å². The molecule has 8 nitrogen and oxygen atoms in total. The summed E-state index contributed by atoms with van der Waals surface area (Å²) in [5, 5.41) is 11.6. The molecule has 1 unspecified atom stereocenters. The van der Waals surface area contributed by atoms with Crippen molar-refractivity contribution in [3.63, 3.8) is 0 Å². The first kappa shape index (κ1) is 13.1. The summed E-state index contributed by atoms with van der Waals surface area (Å²) in [5.74, 6) is -0.650. The van der Waals surface area contributed by atoms with E-state index in [0.717, 1.165) is 6.07 Å². The molecule has 17 heavy (non-hydrogen) atoms. The predicted octanol–water partition coefficient (Wildman–Crippen LogP) is -2.20. The van der Waals surface area contributed by atoms with Gasteiger partial charge < -0.3 is 20.1 Å². The highest BCUT2D eigenvalue weighted by Crippen LogP contribution is 1.87. The smallest absolute Gasteiger partial charge is 0.326 e. The average molecular weight is 243 g/mol. The molecule has 1 amide bonds. The van der Waals surface area contributed by atoms with Gasteiger partial charge in [0, 0.05) is 19.7 Å². The molecular formula is C9H13N3O5. The zero-order valence-electron chi connectivity index (χ0n) is 9.15. The Morgan fingerprint density at radius 3 is 2.82 bits per heavy atom. The van der Waals surface area contributed by atoms with Gasteiger partial charge in [0.1, 0.15) is 5.69 Å². The maximum atomic E-state index is 11.5. The second kappa shape index (κ2) is 5.97.